The van der Waals surface area contributed by atoms with Crippen molar-refractivity contribution < 1.29 is 9.59 Å². The maximum Gasteiger partial charge on any atom is 0.260 e. The number of fused-ring (bicyclic) bond motifs is 1. The minimum Gasteiger partial charge on any atom is -0.324 e. The topological polar surface area (TPSA) is 62.3 Å². The standard InChI is InChI=1S/C21H17N3O2S2/c1-2-10-24(21-23-17(12-28-21)14-6-4-3-5-7-14)20(26)15-8-9-18-16(11-15)22-19(25)13-27-18/h2-9,11-12H,1,10,13H2,(H,22,25). The van der Waals surface area contributed by atoms with Crippen molar-refractivity contribution in [2.45, 2.75) is 4.90 Å². The zero-order valence-corrected chi connectivity index (χ0v) is 16.6. The van der Waals surface area contributed by atoms with E-state index in [-0.39, 0.29) is 11.8 Å². The van der Waals surface area contributed by atoms with Gasteiger partial charge in [-0.15, -0.1) is 29.7 Å². The fourth-order valence-corrected chi connectivity index (χ4v) is 4.51. The van der Waals surface area contributed by atoms with Crippen LogP contribution in [0.3, 0.4) is 0 Å². The lowest BCUT2D eigenvalue weighted by Gasteiger charge is -2.20. The van der Waals surface area contributed by atoms with Crippen molar-refractivity contribution in [3.63, 3.8) is 0 Å². The predicted octanol–water partition coefficient (Wildman–Crippen LogP) is 4.69. The summed E-state index contributed by atoms with van der Waals surface area (Å²) >= 11 is 2.89. The lowest BCUT2D eigenvalue weighted by molar-refractivity contribution is -0.113. The number of hydrogen-bond donors (Lipinski definition) is 1. The number of aromatic nitrogens is 1. The van der Waals surface area contributed by atoms with E-state index in [4.69, 9.17) is 0 Å². The van der Waals surface area contributed by atoms with E-state index in [0.29, 0.717) is 28.7 Å². The summed E-state index contributed by atoms with van der Waals surface area (Å²) in [5.74, 6) is 0.156. The zero-order valence-electron chi connectivity index (χ0n) is 14.9. The van der Waals surface area contributed by atoms with Crippen LogP contribution in [0.2, 0.25) is 0 Å². The van der Waals surface area contributed by atoms with E-state index in [1.165, 1.54) is 23.1 Å². The Morgan fingerprint density at radius 1 is 1.25 bits per heavy atom. The SMILES string of the molecule is C=CCN(C(=O)c1ccc2c(c1)NC(=O)CS2)c1nc(-c2ccccc2)cs1. The van der Waals surface area contributed by atoms with E-state index >= 15 is 0 Å². The van der Waals surface area contributed by atoms with Crippen LogP contribution in [0.5, 0.6) is 0 Å². The maximum atomic E-state index is 13.2. The summed E-state index contributed by atoms with van der Waals surface area (Å²) in [5, 5.41) is 5.38. The Morgan fingerprint density at radius 2 is 2.07 bits per heavy atom. The van der Waals surface area contributed by atoms with Crippen molar-refractivity contribution in [1.82, 2.24) is 4.98 Å². The second-order valence-electron chi connectivity index (χ2n) is 6.13. The zero-order chi connectivity index (χ0) is 19.5. The summed E-state index contributed by atoms with van der Waals surface area (Å²) in [4.78, 5) is 32.0. The molecule has 4 rings (SSSR count). The molecule has 2 aromatic carbocycles. The Morgan fingerprint density at radius 3 is 2.86 bits per heavy atom. The molecule has 0 unspecified atom stereocenters. The number of thiazole rings is 1. The normalized spacial score (nSPS) is 12.8. The molecule has 1 aliphatic rings. The summed E-state index contributed by atoms with van der Waals surface area (Å²) in [6.07, 6.45) is 1.68. The van der Waals surface area contributed by atoms with E-state index in [9.17, 15) is 9.59 Å². The van der Waals surface area contributed by atoms with Gasteiger partial charge in [0.25, 0.3) is 5.91 Å². The first-order chi connectivity index (χ1) is 13.7. The molecule has 1 aromatic heterocycles. The average molecular weight is 408 g/mol. The maximum absolute atomic E-state index is 13.2. The summed E-state index contributed by atoms with van der Waals surface area (Å²) in [6.45, 7) is 4.12. The smallest absolute Gasteiger partial charge is 0.260 e. The van der Waals surface area contributed by atoms with E-state index in [2.05, 4.69) is 16.9 Å². The molecule has 0 fully saturated rings. The first kappa shape index (κ1) is 18.5. The molecule has 5 nitrogen and oxygen atoms in total. The Kier molecular flexibility index (Phi) is 5.27. The van der Waals surface area contributed by atoms with Gasteiger partial charge in [0.15, 0.2) is 5.13 Å². The predicted molar refractivity (Wildman–Crippen MR) is 115 cm³/mol. The van der Waals surface area contributed by atoms with Gasteiger partial charge in [0.1, 0.15) is 0 Å². The fraction of sp³-hybridized carbons (Fsp3) is 0.0952. The van der Waals surface area contributed by atoms with Crippen LogP contribution in [0.15, 0.2) is 71.5 Å². The molecule has 0 spiro atoms. The summed E-state index contributed by atoms with van der Waals surface area (Å²) in [7, 11) is 0. The first-order valence-corrected chi connectivity index (χ1v) is 10.5. The van der Waals surface area contributed by atoms with Gasteiger partial charge in [0, 0.05) is 27.9 Å². The van der Waals surface area contributed by atoms with Crippen LogP contribution in [0.4, 0.5) is 10.8 Å². The highest BCUT2D eigenvalue weighted by Gasteiger charge is 2.23. The number of carbonyl (C=O) groups is 2. The van der Waals surface area contributed by atoms with Crippen molar-refractivity contribution in [3.8, 4) is 11.3 Å². The number of amides is 2. The van der Waals surface area contributed by atoms with Gasteiger partial charge in [-0.3, -0.25) is 14.5 Å². The molecule has 0 bridgehead atoms. The van der Waals surface area contributed by atoms with Gasteiger partial charge in [-0.25, -0.2) is 4.98 Å². The first-order valence-electron chi connectivity index (χ1n) is 8.66. The molecule has 1 aliphatic heterocycles. The second-order valence-corrected chi connectivity index (χ2v) is 7.99. The minimum atomic E-state index is -0.179. The molecule has 3 aromatic rings. The minimum absolute atomic E-state index is 0.0579. The van der Waals surface area contributed by atoms with Crippen LogP contribution < -0.4 is 10.2 Å². The van der Waals surface area contributed by atoms with Crippen LogP contribution in [-0.4, -0.2) is 29.1 Å². The molecule has 28 heavy (non-hydrogen) atoms. The van der Waals surface area contributed by atoms with E-state index < -0.39 is 0 Å². The van der Waals surface area contributed by atoms with Crippen molar-refractivity contribution in [3.05, 3.63) is 72.1 Å². The van der Waals surface area contributed by atoms with Gasteiger partial charge in [-0.05, 0) is 18.2 Å². The highest BCUT2D eigenvalue weighted by atomic mass is 32.2. The van der Waals surface area contributed by atoms with Gasteiger partial charge >= 0.3 is 0 Å². The van der Waals surface area contributed by atoms with Crippen molar-refractivity contribution in [2.75, 3.05) is 22.5 Å². The highest BCUT2D eigenvalue weighted by Crippen LogP contribution is 2.33. The molecule has 0 atom stereocenters. The molecule has 2 amide bonds. The number of nitrogens with one attached hydrogen (secondary N) is 1. The third-order valence-corrected chi connectivity index (χ3v) is 6.15. The number of nitrogens with zero attached hydrogens (tertiary/aromatic N) is 2. The number of thioether (sulfide) groups is 1. The van der Waals surface area contributed by atoms with Gasteiger partial charge in [0.05, 0.1) is 17.1 Å². The summed E-state index contributed by atoms with van der Waals surface area (Å²) in [6, 6.07) is 15.2. The van der Waals surface area contributed by atoms with Crippen molar-refractivity contribution in [1.29, 1.82) is 0 Å². The molecule has 7 heteroatoms. The fourth-order valence-electron chi connectivity index (χ4n) is 2.88. The molecule has 0 saturated carbocycles. The molecule has 140 valence electrons. The Hall–Kier alpha value is -2.90. The van der Waals surface area contributed by atoms with Gasteiger partial charge in [0.2, 0.25) is 5.91 Å². The van der Waals surface area contributed by atoms with E-state index in [0.717, 1.165) is 16.2 Å². The molecular weight excluding hydrogens is 390 g/mol. The Balaban J connectivity index is 1.64. The van der Waals surface area contributed by atoms with Gasteiger partial charge in [-0.1, -0.05) is 36.4 Å². The van der Waals surface area contributed by atoms with Crippen molar-refractivity contribution >= 4 is 45.7 Å². The number of anilines is 2. The molecule has 0 radical (unpaired) electrons. The van der Waals surface area contributed by atoms with Crippen molar-refractivity contribution in [2.24, 2.45) is 0 Å². The number of benzene rings is 2. The third-order valence-electron chi connectivity index (χ3n) is 4.21. The Labute approximate surface area is 171 Å². The van der Waals surface area contributed by atoms with Gasteiger partial charge < -0.3 is 5.32 Å². The monoisotopic (exact) mass is 407 g/mol. The molecular formula is C21H17N3O2S2. The summed E-state index contributed by atoms with van der Waals surface area (Å²) in [5.41, 5.74) is 3.01. The number of carbonyl (C=O) groups excluding carboxylic acids is 2. The molecule has 1 N–H and O–H groups in total. The average Bonchev–Trinajstić information content (AvgIpc) is 3.21. The Bertz CT molecular complexity index is 1050. The van der Waals surface area contributed by atoms with E-state index in [1.54, 1.807) is 23.1 Å². The van der Waals surface area contributed by atoms with E-state index in [1.807, 2.05) is 41.8 Å². The van der Waals surface area contributed by atoms with Crippen LogP contribution in [0.25, 0.3) is 11.3 Å². The van der Waals surface area contributed by atoms with Crippen LogP contribution in [0.1, 0.15) is 10.4 Å². The molecule has 0 saturated heterocycles. The van der Waals surface area contributed by atoms with Crippen LogP contribution in [0, 0.1) is 0 Å². The highest BCUT2D eigenvalue weighted by molar-refractivity contribution is 8.00. The third kappa shape index (κ3) is 3.72. The largest absolute Gasteiger partial charge is 0.324 e. The molecule has 2 heterocycles. The van der Waals surface area contributed by atoms with Crippen LogP contribution in [-0.2, 0) is 4.79 Å². The second kappa shape index (κ2) is 8.00. The lowest BCUT2D eigenvalue weighted by atomic mass is 10.1. The number of rotatable bonds is 5. The number of hydrogen-bond acceptors (Lipinski definition) is 5. The lowest BCUT2D eigenvalue weighted by Crippen LogP contribution is -2.31. The summed E-state index contributed by atoms with van der Waals surface area (Å²) < 4.78 is 0. The van der Waals surface area contributed by atoms with Crippen LogP contribution >= 0.6 is 23.1 Å². The quantitative estimate of drug-likeness (QED) is 0.624. The molecule has 0 aliphatic carbocycles. The van der Waals surface area contributed by atoms with Gasteiger partial charge in [-0.2, -0.15) is 0 Å².